The summed E-state index contributed by atoms with van der Waals surface area (Å²) in [5, 5.41) is 7.67. The van der Waals surface area contributed by atoms with Gasteiger partial charge in [0.25, 0.3) is 0 Å². The van der Waals surface area contributed by atoms with Crippen LogP contribution in [0.15, 0.2) is 36.7 Å². The molecular weight excluding hydrogens is 367 g/mol. The number of nitrogens with zero attached hydrogens (tertiary/aromatic N) is 5. The first kappa shape index (κ1) is 18.2. The number of hydrogen-bond donors (Lipinski definition) is 1. The smallest absolute Gasteiger partial charge is 0.409 e. The lowest BCUT2D eigenvalue weighted by Crippen LogP contribution is -2.49. The van der Waals surface area contributed by atoms with E-state index < -0.39 is 0 Å². The number of benzene rings is 1. The summed E-state index contributed by atoms with van der Waals surface area (Å²) in [5.74, 6) is -0.313. The fraction of sp³-hybridized carbons (Fsp3) is 0.389. The van der Waals surface area contributed by atoms with Crippen LogP contribution < -0.4 is 10.4 Å². The molecule has 28 heavy (non-hydrogen) atoms. The molecule has 1 fully saturated rings. The second-order valence-electron chi connectivity index (χ2n) is 6.57. The summed E-state index contributed by atoms with van der Waals surface area (Å²) in [4.78, 5) is 20.6. The van der Waals surface area contributed by atoms with Gasteiger partial charge in [0, 0.05) is 37.9 Å². The first-order chi connectivity index (χ1) is 13.6. The van der Waals surface area contributed by atoms with Gasteiger partial charge in [-0.2, -0.15) is 0 Å². The summed E-state index contributed by atoms with van der Waals surface area (Å²) >= 11 is 0. The highest BCUT2D eigenvalue weighted by molar-refractivity contribution is 5.69. The minimum Gasteiger partial charge on any atom is -0.453 e. The van der Waals surface area contributed by atoms with Crippen LogP contribution in [0.1, 0.15) is 5.56 Å². The van der Waals surface area contributed by atoms with Crippen LogP contribution in [0.3, 0.4) is 0 Å². The van der Waals surface area contributed by atoms with Crippen molar-refractivity contribution in [3.05, 3.63) is 48.0 Å². The van der Waals surface area contributed by atoms with Crippen molar-refractivity contribution in [3.63, 3.8) is 0 Å². The van der Waals surface area contributed by atoms with Crippen molar-refractivity contribution < 1.29 is 18.8 Å². The maximum Gasteiger partial charge on any atom is 0.409 e. The normalized spacial score (nSPS) is 19.4. The zero-order valence-corrected chi connectivity index (χ0v) is 15.4. The van der Waals surface area contributed by atoms with Gasteiger partial charge in [0.15, 0.2) is 0 Å². The molecule has 0 saturated carbocycles. The molecule has 1 unspecified atom stereocenters. The molecule has 9 nitrogen and oxygen atoms in total. The van der Waals surface area contributed by atoms with Crippen LogP contribution in [0.5, 0.6) is 0 Å². The van der Waals surface area contributed by atoms with Crippen molar-refractivity contribution in [3.8, 4) is 0 Å². The molecule has 3 heterocycles. The molecular formula is C18H21FN6O3. The number of nitrogens with one attached hydrogen (secondary N) is 1. The molecule has 1 N–H and O–H groups in total. The Morgan fingerprint density at radius 3 is 2.86 bits per heavy atom. The highest BCUT2D eigenvalue weighted by atomic mass is 19.1. The molecule has 0 bridgehead atoms. The summed E-state index contributed by atoms with van der Waals surface area (Å²) in [6.45, 7) is 2.61. The number of carbonyl (C=O) groups excluding carboxylic acids is 1. The molecule has 0 spiro atoms. The third-order valence-electron chi connectivity index (χ3n) is 4.82. The lowest BCUT2D eigenvalue weighted by atomic mass is 10.1. The number of aromatic nitrogens is 3. The average molecular weight is 388 g/mol. The van der Waals surface area contributed by atoms with E-state index in [0.29, 0.717) is 49.7 Å². The number of methoxy groups -OCH3 is 1. The fourth-order valence-electron chi connectivity index (χ4n) is 3.34. The fourth-order valence-corrected chi connectivity index (χ4v) is 3.34. The molecule has 1 atom stereocenters. The monoisotopic (exact) mass is 388 g/mol. The molecule has 1 saturated heterocycles. The van der Waals surface area contributed by atoms with E-state index in [4.69, 9.17) is 9.57 Å². The molecule has 2 aromatic rings. The summed E-state index contributed by atoms with van der Waals surface area (Å²) in [5.41, 5.74) is 4.79. The van der Waals surface area contributed by atoms with E-state index in [0.717, 1.165) is 0 Å². The number of hydroxylamine groups is 1. The van der Waals surface area contributed by atoms with Crippen molar-refractivity contribution in [2.24, 2.45) is 0 Å². The Hall–Kier alpha value is -3.14. The van der Waals surface area contributed by atoms with Gasteiger partial charge in [0.05, 0.1) is 31.2 Å². The molecule has 1 aromatic heterocycles. The minimum atomic E-state index is -0.352. The summed E-state index contributed by atoms with van der Waals surface area (Å²) in [6, 6.07) is 5.10. The van der Waals surface area contributed by atoms with E-state index in [9.17, 15) is 9.18 Å². The first-order valence-electron chi connectivity index (χ1n) is 8.99. The standard InChI is InChI=1S/C18H21FN6O3/c1-27-18(26)24-8-6-23(7-9-24)17-3-2-13(10-15(17)19)16-11-14(28-21-16)12-25-5-4-20-22-25/h2-5,10-11,14,21H,6-9,12H2,1H3. The lowest BCUT2D eigenvalue weighted by Gasteiger charge is -2.35. The molecule has 148 valence electrons. The van der Waals surface area contributed by atoms with Crippen LogP contribution >= 0.6 is 0 Å². The number of amides is 1. The summed E-state index contributed by atoms with van der Waals surface area (Å²) in [7, 11) is 1.36. The Balaban J connectivity index is 1.42. The Kier molecular flexibility index (Phi) is 5.11. The molecule has 4 rings (SSSR count). The van der Waals surface area contributed by atoms with Gasteiger partial charge in [-0.1, -0.05) is 11.3 Å². The quantitative estimate of drug-likeness (QED) is 0.844. The van der Waals surface area contributed by atoms with E-state index in [1.807, 2.05) is 17.0 Å². The Labute approximate surface area is 161 Å². The summed E-state index contributed by atoms with van der Waals surface area (Å²) < 4.78 is 21.1. The van der Waals surface area contributed by atoms with Gasteiger partial charge in [0.1, 0.15) is 11.9 Å². The second-order valence-corrected chi connectivity index (χ2v) is 6.57. The van der Waals surface area contributed by atoms with Crippen LogP contribution in [0.4, 0.5) is 14.9 Å². The predicted octanol–water partition coefficient (Wildman–Crippen LogP) is 1.25. The molecule has 1 amide bonds. The van der Waals surface area contributed by atoms with Crippen LogP contribution in [-0.4, -0.2) is 65.4 Å². The molecule has 0 aliphatic carbocycles. The van der Waals surface area contributed by atoms with Gasteiger partial charge in [-0.05, 0) is 18.2 Å². The number of carbonyl (C=O) groups is 1. The van der Waals surface area contributed by atoms with E-state index >= 15 is 0 Å². The van der Waals surface area contributed by atoms with Crippen LogP contribution in [0.25, 0.3) is 5.70 Å². The van der Waals surface area contributed by atoms with Gasteiger partial charge in [-0.15, -0.1) is 5.10 Å². The van der Waals surface area contributed by atoms with Crippen LogP contribution in [-0.2, 0) is 16.1 Å². The highest BCUT2D eigenvalue weighted by Gasteiger charge is 2.24. The zero-order valence-electron chi connectivity index (χ0n) is 15.4. The van der Waals surface area contributed by atoms with E-state index in [-0.39, 0.29) is 18.0 Å². The SMILES string of the molecule is COC(=O)N1CCN(c2ccc(C3=CC(Cn4ccnn4)ON3)cc2F)CC1. The van der Waals surface area contributed by atoms with Gasteiger partial charge in [0.2, 0.25) is 0 Å². The van der Waals surface area contributed by atoms with Crippen molar-refractivity contribution in [1.29, 1.82) is 0 Å². The number of hydrogen-bond acceptors (Lipinski definition) is 7. The predicted molar refractivity (Wildman–Crippen MR) is 98.6 cm³/mol. The van der Waals surface area contributed by atoms with Crippen molar-refractivity contribution in [2.45, 2.75) is 12.6 Å². The number of rotatable bonds is 4. The Morgan fingerprint density at radius 2 is 2.18 bits per heavy atom. The van der Waals surface area contributed by atoms with E-state index in [1.54, 1.807) is 28.0 Å². The average Bonchev–Trinajstić information content (AvgIpc) is 3.40. The first-order valence-corrected chi connectivity index (χ1v) is 8.99. The Bertz CT molecular complexity index is 864. The molecule has 0 radical (unpaired) electrons. The zero-order chi connectivity index (χ0) is 19.5. The highest BCUT2D eigenvalue weighted by Crippen LogP contribution is 2.26. The third-order valence-corrected chi connectivity index (χ3v) is 4.82. The summed E-state index contributed by atoms with van der Waals surface area (Å²) in [6.07, 6.45) is 4.68. The van der Waals surface area contributed by atoms with Crippen LogP contribution in [0.2, 0.25) is 0 Å². The van der Waals surface area contributed by atoms with Gasteiger partial charge < -0.3 is 14.5 Å². The van der Waals surface area contributed by atoms with Gasteiger partial charge >= 0.3 is 6.09 Å². The largest absolute Gasteiger partial charge is 0.453 e. The van der Waals surface area contributed by atoms with Crippen molar-refractivity contribution in [2.75, 3.05) is 38.2 Å². The van der Waals surface area contributed by atoms with Gasteiger partial charge in [-0.3, -0.25) is 10.3 Å². The second kappa shape index (κ2) is 7.85. The number of piperazine rings is 1. The minimum absolute atomic E-state index is 0.217. The number of halogens is 1. The molecule has 1 aromatic carbocycles. The molecule has 10 heteroatoms. The maximum absolute atomic E-state index is 14.7. The molecule has 2 aliphatic heterocycles. The van der Waals surface area contributed by atoms with Crippen molar-refractivity contribution in [1.82, 2.24) is 25.4 Å². The van der Waals surface area contributed by atoms with Crippen LogP contribution in [0, 0.1) is 5.82 Å². The molecule has 2 aliphatic rings. The Morgan fingerprint density at radius 1 is 1.36 bits per heavy atom. The topological polar surface area (TPSA) is 84.8 Å². The van der Waals surface area contributed by atoms with E-state index in [2.05, 4.69) is 15.8 Å². The lowest BCUT2D eigenvalue weighted by molar-refractivity contribution is 0.0395. The van der Waals surface area contributed by atoms with Gasteiger partial charge in [-0.25, -0.2) is 13.9 Å². The number of anilines is 1. The third kappa shape index (κ3) is 3.77. The van der Waals surface area contributed by atoms with E-state index in [1.165, 1.54) is 13.2 Å². The van der Waals surface area contributed by atoms with Crippen molar-refractivity contribution >= 4 is 17.5 Å². The number of ether oxygens (including phenoxy) is 1. The maximum atomic E-state index is 14.7.